The predicted octanol–water partition coefficient (Wildman–Crippen LogP) is 3.70. The summed E-state index contributed by atoms with van der Waals surface area (Å²) >= 11 is 5.75. The highest BCUT2D eigenvalue weighted by Crippen LogP contribution is 2.19. The number of hydrogen-bond acceptors (Lipinski definition) is 2. The first-order chi connectivity index (χ1) is 9.90. The lowest BCUT2D eigenvalue weighted by atomic mass is 10.2. The minimum Gasteiger partial charge on any atom is -0.370 e. The van der Waals surface area contributed by atoms with Gasteiger partial charge in [0.2, 0.25) is 0 Å². The van der Waals surface area contributed by atoms with Crippen molar-refractivity contribution < 1.29 is 17.9 Å². The standard InChI is InChI=1S/C14H16ClF3N2O/c1-10-2-3-12-11(8-10)19-13(4-5-15)20(12)6-7-21-9-14(16,17)18/h2-3,8H,4-7,9H2,1H3. The number of hydrogen-bond donors (Lipinski definition) is 0. The first kappa shape index (κ1) is 16.1. The summed E-state index contributed by atoms with van der Waals surface area (Å²) in [6, 6.07) is 5.81. The molecule has 0 fully saturated rings. The van der Waals surface area contributed by atoms with E-state index in [0.717, 1.165) is 22.4 Å². The highest BCUT2D eigenvalue weighted by Gasteiger charge is 2.27. The predicted molar refractivity (Wildman–Crippen MR) is 75.8 cm³/mol. The quantitative estimate of drug-likeness (QED) is 0.599. The van der Waals surface area contributed by atoms with E-state index in [2.05, 4.69) is 9.72 Å². The molecule has 0 bridgehead atoms. The van der Waals surface area contributed by atoms with Gasteiger partial charge in [-0.3, -0.25) is 0 Å². The molecular formula is C14H16ClF3N2O. The largest absolute Gasteiger partial charge is 0.411 e. The van der Waals surface area contributed by atoms with Gasteiger partial charge in [-0.2, -0.15) is 13.2 Å². The maximum Gasteiger partial charge on any atom is 0.411 e. The van der Waals surface area contributed by atoms with Gasteiger partial charge >= 0.3 is 6.18 Å². The van der Waals surface area contributed by atoms with Gasteiger partial charge in [-0.25, -0.2) is 4.98 Å². The Morgan fingerprint density at radius 3 is 2.76 bits per heavy atom. The van der Waals surface area contributed by atoms with Crippen LogP contribution in [0.1, 0.15) is 11.4 Å². The molecule has 0 amide bonds. The van der Waals surface area contributed by atoms with Crippen molar-refractivity contribution in [3.63, 3.8) is 0 Å². The van der Waals surface area contributed by atoms with Crippen LogP contribution in [-0.4, -0.2) is 34.8 Å². The van der Waals surface area contributed by atoms with Gasteiger partial charge in [0.05, 0.1) is 17.6 Å². The topological polar surface area (TPSA) is 27.1 Å². The molecule has 1 heterocycles. The van der Waals surface area contributed by atoms with Crippen molar-refractivity contribution in [3.05, 3.63) is 29.6 Å². The summed E-state index contributed by atoms with van der Waals surface area (Å²) in [5, 5.41) is 0. The Labute approximate surface area is 125 Å². The number of benzene rings is 1. The van der Waals surface area contributed by atoms with Crippen LogP contribution >= 0.6 is 11.6 Å². The SMILES string of the molecule is Cc1ccc2c(c1)nc(CCCl)n2CCOCC(F)(F)F. The second-order valence-corrected chi connectivity index (χ2v) is 5.16. The summed E-state index contributed by atoms with van der Waals surface area (Å²) in [6.45, 7) is 1.03. The number of nitrogens with zero attached hydrogens (tertiary/aromatic N) is 2. The van der Waals surface area contributed by atoms with Crippen molar-refractivity contribution in [1.29, 1.82) is 0 Å². The summed E-state index contributed by atoms with van der Waals surface area (Å²) in [5.41, 5.74) is 2.79. The molecule has 0 radical (unpaired) electrons. The minimum atomic E-state index is -4.30. The lowest BCUT2D eigenvalue weighted by Crippen LogP contribution is -2.19. The number of aryl methyl sites for hydroxylation is 2. The van der Waals surface area contributed by atoms with Crippen LogP contribution < -0.4 is 0 Å². The Morgan fingerprint density at radius 1 is 1.33 bits per heavy atom. The van der Waals surface area contributed by atoms with E-state index in [4.69, 9.17) is 11.6 Å². The van der Waals surface area contributed by atoms with Gasteiger partial charge in [0.15, 0.2) is 0 Å². The molecule has 0 unspecified atom stereocenters. The molecule has 0 saturated heterocycles. The van der Waals surface area contributed by atoms with Crippen LogP contribution in [0.25, 0.3) is 11.0 Å². The Balaban J connectivity index is 2.14. The summed E-state index contributed by atoms with van der Waals surface area (Å²) < 4.78 is 42.7. The molecule has 3 nitrogen and oxygen atoms in total. The highest BCUT2D eigenvalue weighted by atomic mass is 35.5. The van der Waals surface area contributed by atoms with Crippen LogP contribution in [-0.2, 0) is 17.7 Å². The maximum absolute atomic E-state index is 12.1. The maximum atomic E-state index is 12.1. The van der Waals surface area contributed by atoms with Gasteiger partial charge < -0.3 is 9.30 Å². The summed E-state index contributed by atoms with van der Waals surface area (Å²) in [6.07, 6.45) is -3.73. The molecule has 2 aromatic rings. The third-order valence-electron chi connectivity index (χ3n) is 3.03. The van der Waals surface area contributed by atoms with Crippen molar-refractivity contribution in [3.8, 4) is 0 Å². The first-order valence-corrected chi connectivity index (χ1v) is 7.10. The molecule has 0 aliphatic rings. The van der Waals surface area contributed by atoms with Gasteiger partial charge in [0.1, 0.15) is 12.4 Å². The third kappa shape index (κ3) is 4.35. The molecule has 0 aliphatic carbocycles. The number of halogens is 4. The van der Waals surface area contributed by atoms with E-state index in [1.807, 2.05) is 29.7 Å². The van der Waals surface area contributed by atoms with E-state index in [0.29, 0.717) is 18.8 Å². The monoisotopic (exact) mass is 320 g/mol. The summed E-state index contributed by atoms with van der Waals surface area (Å²) in [5.74, 6) is 1.17. The van der Waals surface area contributed by atoms with E-state index in [1.165, 1.54) is 0 Å². The second-order valence-electron chi connectivity index (χ2n) is 4.78. The Kier molecular flexibility index (Phi) is 5.11. The number of fused-ring (bicyclic) bond motifs is 1. The average Bonchev–Trinajstić information content (AvgIpc) is 2.71. The molecule has 0 saturated carbocycles. The normalized spacial score (nSPS) is 12.2. The summed E-state index contributed by atoms with van der Waals surface area (Å²) in [7, 11) is 0. The number of imidazole rings is 1. The lowest BCUT2D eigenvalue weighted by molar-refractivity contribution is -0.174. The molecule has 1 aromatic carbocycles. The van der Waals surface area contributed by atoms with E-state index in [9.17, 15) is 13.2 Å². The third-order valence-corrected chi connectivity index (χ3v) is 3.21. The highest BCUT2D eigenvalue weighted by molar-refractivity contribution is 6.17. The van der Waals surface area contributed by atoms with Crippen LogP contribution in [0.2, 0.25) is 0 Å². The second kappa shape index (κ2) is 6.66. The fourth-order valence-electron chi connectivity index (χ4n) is 2.16. The Hall–Kier alpha value is -1.27. The number of ether oxygens (including phenoxy) is 1. The van der Waals surface area contributed by atoms with Crippen LogP contribution in [0.5, 0.6) is 0 Å². The smallest absolute Gasteiger partial charge is 0.370 e. The molecular weight excluding hydrogens is 305 g/mol. The van der Waals surface area contributed by atoms with Crippen molar-refractivity contribution in [1.82, 2.24) is 9.55 Å². The molecule has 0 atom stereocenters. The molecule has 7 heteroatoms. The molecule has 0 spiro atoms. The molecule has 0 N–H and O–H groups in total. The fraction of sp³-hybridized carbons (Fsp3) is 0.500. The van der Waals surface area contributed by atoms with E-state index < -0.39 is 12.8 Å². The average molecular weight is 321 g/mol. The van der Waals surface area contributed by atoms with Crippen molar-refractivity contribution in [2.45, 2.75) is 26.1 Å². The van der Waals surface area contributed by atoms with Crippen LogP contribution in [0, 0.1) is 6.92 Å². The molecule has 116 valence electrons. The molecule has 21 heavy (non-hydrogen) atoms. The zero-order valence-corrected chi connectivity index (χ0v) is 12.3. The van der Waals surface area contributed by atoms with Crippen molar-refractivity contribution >= 4 is 22.6 Å². The Bertz CT molecular complexity index is 610. The molecule has 0 aliphatic heterocycles. The zero-order chi connectivity index (χ0) is 15.5. The number of aromatic nitrogens is 2. The summed E-state index contributed by atoms with van der Waals surface area (Å²) in [4.78, 5) is 4.49. The van der Waals surface area contributed by atoms with Gasteiger partial charge in [-0.15, -0.1) is 11.6 Å². The number of alkyl halides is 4. The van der Waals surface area contributed by atoms with Crippen molar-refractivity contribution in [2.75, 3.05) is 19.1 Å². The van der Waals surface area contributed by atoms with Crippen LogP contribution in [0.4, 0.5) is 13.2 Å². The van der Waals surface area contributed by atoms with Gasteiger partial charge in [-0.05, 0) is 24.6 Å². The van der Waals surface area contributed by atoms with Crippen molar-refractivity contribution in [2.24, 2.45) is 0 Å². The van der Waals surface area contributed by atoms with E-state index >= 15 is 0 Å². The van der Waals surface area contributed by atoms with Gasteiger partial charge in [-0.1, -0.05) is 6.07 Å². The minimum absolute atomic E-state index is 0.0197. The van der Waals surface area contributed by atoms with E-state index in [1.54, 1.807) is 0 Å². The Morgan fingerprint density at radius 2 is 2.10 bits per heavy atom. The molecule has 1 aromatic heterocycles. The number of rotatable bonds is 6. The first-order valence-electron chi connectivity index (χ1n) is 6.57. The van der Waals surface area contributed by atoms with E-state index in [-0.39, 0.29) is 6.61 Å². The molecule has 2 rings (SSSR count). The zero-order valence-electron chi connectivity index (χ0n) is 11.6. The van der Waals surface area contributed by atoms with Crippen LogP contribution in [0.15, 0.2) is 18.2 Å². The van der Waals surface area contributed by atoms with Gasteiger partial charge in [0, 0.05) is 18.8 Å². The van der Waals surface area contributed by atoms with Crippen LogP contribution in [0.3, 0.4) is 0 Å². The van der Waals surface area contributed by atoms with Gasteiger partial charge in [0.25, 0.3) is 0 Å². The lowest BCUT2D eigenvalue weighted by Gasteiger charge is -2.10. The fourth-order valence-corrected chi connectivity index (χ4v) is 2.33.